The lowest BCUT2D eigenvalue weighted by atomic mass is 9.61. The third-order valence-corrected chi connectivity index (χ3v) is 5.30. The van der Waals surface area contributed by atoms with Crippen LogP contribution in [0.25, 0.3) is 0 Å². The Morgan fingerprint density at radius 3 is 2.48 bits per heavy atom. The molecule has 1 N–H and O–H groups in total. The summed E-state index contributed by atoms with van der Waals surface area (Å²) in [5, 5.41) is 9.72. The molecular weight excluding hydrogens is 264 g/mol. The van der Waals surface area contributed by atoms with E-state index < -0.39 is 0 Å². The van der Waals surface area contributed by atoms with E-state index in [0.29, 0.717) is 6.10 Å². The van der Waals surface area contributed by atoms with Crippen molar-refractivity contribution in [2.75, 3.05) is 7.11 Å². The lowest BCUT2D eigenvalue weighted by Crippen LogP contribution is -2.44. The van der Waals surface area contributed by atoms with Crippen molar-refractivity contribution < 1.29 is 14.6 Å². The van der Waals surface area contributed by atoms with Crippen LogP contribution in [-0.4, -0.2) is 24.4 Å². The number of methoxy groups -OCH3 is 1. The van der Waals surface area contributed by atoms with Gasteiger partial charge in [-0.15, -0.1) is 0 Å². The molecule has 0 saturated heterocycles. The third kappa shape index (κ3) is 2.76. The first kappa shape index (κ1) is 14.7. The van der Waals surface area contributed by atoms with Crippen LogP contribution >= 0.6 is 0 Å². The summed E-state index contributed by atoms with van der Waals surface area (Å²) in [6.45, 7) is 2.20. The van der Waals surface area contributed by atoms with Crippen LogP contribution in [0.1, 0.15) is 57.4 Å². The van der Waals surface area contributed by atoms with Gasteiger partial charge in [0.25, 0.3) is 0 Å². The predicted molar refractivity (Wildman–Crippen MR) is 83.1 cm³/mol. The number of hydrogen-bond acceptors (Lipinski definition) is 3. The molecule has 2 fully saturated rings. The molecule has 21 heavy (non-hydrogen) atoms. The van der Waals surface area contributed by atoms with Gasteiger partial charge < -0.3 is 14.6 Å². The number of hydrogen-bond donors (Lipinski definition) is 1. The second kappa shape index (κ2) is 5.88. The highest BCUT2D eigenvalue weighted by atomic mass is 16.5. The normalized spacial score (nSPS) is 29.2. The van der Waals surface area contributed by atoms with Crippen LogP contribution in [0.4, 0.5) is 0 Å². The van der Waals surface area contributed by atoms with Gasteiger partial charge in [-0.05, 0) is 62.6 Å². The van der Waals surface area contributed by atoms with Crippen LogP contribution in [0.5, 0.6) is 11.5 Å². The van der Waals surface area contributed by atoms with E-state index in [9.17, 15) is 5.11 Å². The molecule has 1 aromatic rings. The van der Waals surface area contributed by atoms with E-state index in [1.165, 1.54) is 18.4 Å². The lowest BCUT2D eigenvalue weighted by Gasteiger charge is -2.45. The monoisotopic (exact) mass is 290 g/mol. The Morgan fingerprint density at radius 1 is 1.19 bits per heavy atom. The molecule has 0 amide bonds. The highest BCUT2D eigenvalue weighted by molar-refractivity contribution is 5.46. The quantitative estimate of drug-likeness (QED) is 0.896. The number of benzene rings is 1. The van der Waals surface area contributed by atoms with Gasteiger partial charge in [0.2, 0.25) is 0 Å². The van der Waals surface area contributed by atoms with Crippen LogP contribution in [0.3, 0.4) is 0 Å². The van der Waals surface area contributed by atoms with E-state index in [-0.39, 0.29) is 11.5 Å². The van der Waals surface area contributed by atoms with Crippen molar-refractivity contribution in [2.45, 2.75) is 69.5 Å². The molecule has 0 aliphatic heterocycles. The van der Waals surface area contributed by atoms with E-state index in [1.807, 2.05) is 6.07 Å². The Hall–Kier alpha value is -1.22. The van der Waals surface area contributed by atoms with E-state index in [4.69, 9.17) is 9.47 Å². The highest BCUT2D eigenvalue weighted by Gasteiger charge is 2.43. The number of aliphatic hydroxyl groups is 1. The Kier molecular flexibility index (Phi) is 4.12. The predicted octanol–water partition coefficient (Wildman–Crippen LogP) is 3.82. The van der Waals surface area contributed by atoms with E-state index in [2.05, 4.69) is 19.1 Å². The number of ether oxygens (including phenoxy) is 2. The fourth-order valence-electron chi connectivity index (χ4n) is 3.86. The van der Waals surface area contributed by atoms with Crippen LogP contribution in [-0.2, 0) is 5.41 Å². The zero-order valence-corrected chi connectivity index (χ0v) is 13.1. The standard InChI is InChI=1S/C18H26O3/c1-3-18(11-14(19)12-18)13-8-9-16(20-2)17(10-13)21-15-6-4-5-7-15/h8-10,14-15,19H,3-7,11-12H2,1-2H3. The third-order valence-electron chi connectivity index (χ3n) is 5.30. The molecule has 2 saturated carbocycles. The first-order chi connectivity index (χ1) is 10.2. The summed E-state index contributed by atoms with van der Waals surface area (Å²) < 4.78 is 11.6. The highest BCUT2D eigenvalue weighted by Crippen LogP contribution is 2.48. The van der Waals surface area contributed by atoms with Crippen molar-refractivity contribution >= 4 is 0 Å². The number of aliphatic hydroxyl groups excluding tert-OH is 1. The second-order valence-electron chi connectivity index (χ2n) is 6.59. The molecule has 0 unspecified atom stereocenters. The molecule has 0 heterocycles. The molecule has 2 aliphatic rings. The maximum Gasteiger partial charge on any atom is 0.161 e. The fourth-order valence-corrected chi connectivity index (χ4v) is 3.86. The van der Waals surface area contributed by atoms with Crippen molar-refractivity contribution in [1.29, 1.82) is 0 Å². The van der Waals surface area contributed by atoms with Crippen molar-refractivity contribution in [3.05, 3.63) is 23.8 Å². The lowest BCUT2D eigenvalue weighted by molar-refractivity contribution is 0.0154. The zero-order chi connectivity index (χ0) is 14.9. The van der Waals surface area contributed by atoms with Gasteiger partial charge in [0.15, 0.2) is 11.5 Å². The number of rotatable bonds is 5. The van der Waals surface area contributed by atoms with Crippen molar-refractivity contribution in [2.24, 2.45) is 0 Å². The molecule has 116 valence electrons. The van der Waals surface area contributed by atoms with Gasteiger partial charge >= 0.3 is 0 Å². The van der Waals surface area contributed by atoms with Crippen LogP contribution in [0, 0.1) is 0 Å². The summed E-state index contributed by atoms with van der Waals surface area (Å²) in [6, 6.07) is 6.30. The van der Waals surface area contributed by atoms with E-state index >= 15 is 0 Å². The van der Waals surface area contributed by atoms with Crippen molar-refractivity contribution in [3.63, 3.8) is 0 Å². The molecule has 3 rings (SSSR count). The van der Waals surface area contributed by atoms with E-state index in [1.54, 1.807) is 7.11 Å². The summed E-state index contributed by atoms with van der Waals surface area (Å²) in [5.74, 6) is 1.69. The zero-order valence-electron chi connectivity index (χ0n) is 13.1. The van der Waals surface area contributed by atoms with Gasteiger partial charge in [-0.25, -0.2) is 0 Å². The minimum atomic E-state index is -0.147. The maximum absolute atomic E-state index is 9.72. The maximum atomic E-state index is 9.72. The minimum absolute atomic E-state index is 0.124. The van der Waals surface area contributed by atoms with Crippen LogP contribution in [0.15, 0.2) is 18.2 Å². The van der Waals surface area contributed by atoms with Gasteiger partial charge in [-0.3, -0.25) is 0 Å². The van der Waals surface area contributed by atoms with Gasteiger partial charge in [0.05, 0.1) is 19.3 Å². The van der Waals surface area contributed by atoms with Crippen molar-refractivity contribution in [3.8, 4) is 11.5 Å². The van der Waals surface area contributed by atoms with Gasteiger partial charge in [-0.2, -0.15) is 0 Å². The topological polar surface area (TPSA) is 38.7 Å². The Bertz CT molecular complexity index is 485. The van der Waals surface area contributed by atoms with Crippen molar-refractivity contribution in [1.82, 2.24) is 0 Å². The summed E-state index contributed by atoms with van der Waals surface area (Å²) in [6.07, 6.45) is 7.77. The van der Waals surface area contributed by atoms with Gasteiger partial charge in [0, 0.05) is 5.41 Å². The summed E-state index contributed by atoms with van der Waals surface area (Å²) >= 11 is 0. The summed E-state index contributed by atoms with van der Waals surface area (Å²) in [4.78, 5) is 0. The van der Waals surface area contributed by atoms with Gasteiger partial charge in [0.1, 0.15) is 0 Å². The van der Waals surface area contributed by atoms with Gasteiger partial charge in [-0.1, -0.05) is 13.0 Å². The SMILES string of the molecule is CCC1(c2ccc(OC)c(OC3CCCC3)c2)CC(O)C1. The Labute approximate surface area is 127 Å². The molecule has 3 heteroatoms. The molecule has 3 nitrogen and oxygen atoms in total. The van der Waals surface area contributed by atoms with Crippen LogP contribution < -0.4 is 9.47 Å². The first-order valence-electron chi connectivity index (χ1n) is 8.20. The Balaban J connectivity index is 1.85. The first-order valence-corrected chi connectivity index (χ1v) is 8.20. The molecule has 0 spiro atoms. The minimum Gasteiger partial charge on any atom is -0.493 e. The van der Waals surface area contributed by atoms with E-state index in [0.717, 1.165) is 43.6 Å². The Morgan fingerprint density at radius 2 is 1.90 bits per heavy atom. The average molecular weight is 290 g/mol. The molecule has 0 atom stereocenters. The second-order valence-corrected chi connectivity index (χ2v) is 6.59. The molecule has 0 radical (unpaired) electrons. The largest absolute Gasteiger partial charge is 0.493 e. The fraction of sp³-hybridized carbons (Fsp3) is 0.667. The van der Waals surface area contributed by atoms with Crippen LogP contribution in [0.2, 0.25) is 0 Å². The molecule has 1 aromatic carbocycles. The smallest absolute Gasteiger partial charge is 0.161 e. The molecule has 0 bridgehead atoms. The average Bonchev–Trinajstić information content (AvgIpc) is 2.96. The molecule has 2 aliphatic carbocycles. The molecular formula is C18H26O3. The molecule has 0 aromatic heterocycles. The summed E-state index contributed by atoms with van der Waals surface area (Å²) in [5.41, 5.74) is 1.41. The summed E-state index contributed by atoms with van der Waals surface area (Å²) in [7, 11) is 1.69.